The van der Waals surface area contributed by atoms with E-state index in [1.807, 2.05) is 36.4 Å². The second-order valence-electron chi connectivity index (χ2n) is 3.57. The Morgan fingerprint density at radius 2 is 1.94 bits per heavy atom. The van der Waals surface area contributed by atoms with Crippen LogP contribution in [0.1, 0.15) is 5.56 Å². The third kappa shape index (κ3) is 3.41. The van der Waals surface area contributed by atoms with Crippen LogP contribution in [0.2, 0.25) is 5.02 Å². The summed E-state index contributed by atoms with van der Waals surface area (Å²) in [5, 5.41) is 0.747. The van der Waals surface area contributed by atoms with Crippen LogP contribution in [0.4, 0.5) is 5.69 Å². The first-order chi connectivity index (χ1) is 8.16. The smallest absolute Gasteiger partial charge is 0.0543 e. The molecule has 0 aromatic heterocycles. The van der Waals surface area contributed by atoms with Crippen LogP contribution < -0.4 is 5.73 Å². The Labute approximate surface area is 118 Å². The second kappa shape index (κ2) is 5.80. The van der Waals surface area contributed by atoms with Gasteiger partial charge in [0.25, 0.3) is 0 Å². The molecule has 2 aromatic rings. The maximum Gasteiger partial charge on any atom is 0.0543 e. The largest absolute Gasteiger partial charge is 0.399 e. The Balaban J connectivity index is 2.12. The summed E-state index contributed by atoms with van der Waals surface area (Å²) in [5.74, 6) is 0.866. The highest BCUT2D eigenvalue weighted by atomic mass is 79.9. The van der Waals surface area contributed by atoms with Crippen LogP contribution in [0.3, 0.4) is 0 Å². The number of hydrogen-bond acceptors (Lipinski definition) is 2. The van der Waals surface area contributed by atoms with Gasteiger partial charge < -0.3 is 5.73 Å². The van der Waals surface area contributed by atoms with Crippen LogP contribution >= 0.6 is 39.3 Å². The quantitative estimate of drug-likeness (QED) is 0.635. The molecule has 2 N–H and O–H groups in total. The van der Waals surface area contributed by atoms with Gasteiger partial charge in [0, 0.05) is 20.8 Å². The molecule has 0 saturated heterocycles. The number of rotatable bonds is 3. The van der Waals surface area contributed by atoms with Gasteiger partial charge in [-0.3, -0.25) is 0 Å². The van der Waals surface area contributed by atoms with Gasteiger partial charge in [0.1, 0.15) is 0 Å². The lowest BCUT2D eigenvalue weighted by Gasteiger charge is -2.06. The van der Waals surface area contributed by atoms with Crippen molar-refractivity contribution < 1.29 is 0 Å². The fraction of sp³-hybridized carbons (Fsp3) is 0.0769. The van der Waals surface area contributed by atoms with Gasteiger partial charge in [-0.25, -0.2) is 0 Å². The second-order valence-corrected chi connectivity index (χ2v) is 5.85. The van der Waals surface area contributed by atoms with E-state index < -0.39 is 0 Å². The zero-order chi connectivity index (χ0) is 12.3. The third-order valence-electron chi connectivity index (χ3n) is 2.30. The van der Waals surface area contributed by atoms with Crippen LogP contribution in [0.15, 0.2) is 51.8 Å². The molecule has 1 nitrogen and oxygen atoms in total. The molecular formula is C13H11BrClNS. The summed E-state index contributed by atoms with van der Waals surface area (Å²) >= 11 is 11.3. The van der Waals surface area contributed by atoms with Crippen molar-refractivity contribution in [2.45, 2.75) is 10.6 Å². The van der Waals surface area contributed by atoms with E-state index in [0.717, 1.165) is 25.8 Å². The van der Waals surface area contributed by atoms with Crippen LogP contribution in [0.25, 0.3) is 0 Å². The molecule has 0 amide bonds. The Kier molecular flexibility index (Phi) is 4.37. The molecule has 0 unspecified atom stereocenters. The fourth-order valence-corrected chi connectivity index (χ4v) is 3.28. The molecule has 0 aliphatic rings. The standard InChI is InChI=1S/C13H11BrClNS/c14-11-4-2-1-3-9(11)8-17-13-7-10(16)5-6-12(13)15/h1-7H,8,16H2. The van der Waals surface area contributed by atoms with Crippen molar-refractivity contribution in [2.75, 3.05) is 5.73 Å². The van der Waals surface area contributed by atoms with E-state index in [1.165, 1.54) is 5.56 Å². The summed E-state index contributed by atoms with van der Waals surface area (Å²) in [6.07, 6.45) is 0. The highest BCUT2D eigenvalue weighted by Gasteiger charge is 2.04. The number of nitrogens with two attached hydrogens (primary N) is 1. The van der Waals surface area contributed by atoms with Crippen molar-refractivity contribution in [3.05, 3.63) is 57.5 Å². The highest BCUT2D eigenvalue weighted by Crippen LogP contribution is 2.32. The molecule has 0 atom stereocenters. The highest BCUT2D eigenvalue weighted by molar-refractivity contribution is 9.10. The van der Waals surface area contributed by atoms with Crippen molar-refractivity contribution >= 4 is 45.0 Å². The molecular weight excluding hydrogens is 318 g/mol. The number of anilines is 1. The van der Waals surface area contributed by atoms with E-state index in [-0.39, 0.29) is 0 Å². The van der Waals surface area contributed by atoms with Crippen molar-refractivity contribution in [1.82, 2.24) is 0 Å². The molecule has 88 valence electrons. The van der Waals surface area contributed by atoms with Gasteiger partial charge in [0.2, 0.25) is 0 Å². The van der Waals surface area contributed by atoms with Crippen LogP contribution in [0.5, 0.6) is 0 Å². The maximum absolute atomic E-state index is 6.11. The Morgan fingerprint density at radius 3 is 2.71 bits per heavy atom. The van der Waals surface area contributed by atoms with Gasteiger partial charge in [-0.15, -0.1) is 11.8 Å². The molecule has 0 aliphatic heterocycles. The van der Waals surface area contributed by atoms with E-state index in [4.69, 9.17) is 17.3 Å². The predicted molar refractivity (Wildman–Crippen MR) is 79.6 cm³/mol. The van der Waals surface area contributed by atoms with E-state index in [9.17, 15) is 0 Å². The van der Waals surface area contributed by atoms with E-state index in [1.54, 1.807) is 11.8 Å². The molecule has 2 rings (SSSR count). The normalized spacial score (nSPS) is 10.5. The van der Waals surface area contributed by atoms with Gasteiger partial charge in [-0.1, -0.05) is 45.7 Å². The Morgan fingerprint density at radius 1 is 1.18 bits per heavy atom. The van der Waals surface area contributed by atoms with Gasteiger partial charge >= 0.3 is 0 Å². The predicted octanol–water partition coefficient (Wildman–Crippen LogP) is 4.98. The van der Waals surface area contributed by atoms with Crippen molar-refractivity contribution in [1.29, 1.82) is 0 Å². The molecule has 2 aromatic carbocycles. The summed E-state index contributed by atoms with van der Waals surface area (Å²) in [6.45, 7) is 0. The fourth-order valence-electron chi connectivity index (χ4n) is 1.40. The first-order valence-electron chi connectivity index (χ1n) is 5.08. The number of nitrogen functional groups attached to an aromatic ring is 1. The number of thioether (sulfide) groups is 1. The average molecular weight is 329 g/mol. The lowest BCUT2D eigenvalue weighted by Crippen LogP contribution is -1.87. The summed E-state index contributed by atoms with van der Waals surface area (Å²) in [6, 6.07) is 13.7. The minimum atomic E-state index is 0.740. The lowest BCUT2D eigenvalue weighted by atomic mass is 10.2. The summed E-state index contributed by atoms with van der Waals surface area (Å²) < 4.78 is 1.12. The van der Waals surface area contributed by atoms with Crippen LogP contribution in [-0.4, -0.2) is 0 Å². The Hall–Kier alpha value is -0.640. The molecule has 0 fully saturated rings. The number of halogens is 2. The molecule has 0 bridgehead atoms. The topological polar surface area (TPSA) is 26.0 Å². The van der Waals surface area contributed by atoms with E-state index in [0.29, 0.717) is 0 Å². The first kappa shape index (κ1) is 12.8. The number of benzene rings is 2. The summed E-state index contributed by atoms with van der Waals surface area (Å²) in [4.78, 5) is 1.02. The summed E-state index contributed by atoms with van der Waals surface area (Å²) in [7, 11) is 0. The molecule has 0 saturated carbocycles. The minimum Gasteiger partial charge on any atom is -0.399 e. The SMILES string of the molecule is Nc1ccc(Cl)c(SCc2ccccc2Br)c1. The zero-order valence-corrected chi connectivity index (χ0v) is 12.1. The first-order valence-corrected chi connectivity index (χ1v) is 7.23. The minimum absolute atomic E-state index is 0.740. The zero-order valence-electron chi connectivity index (χ0n) is 8.99. The van der Waals surface area contributed by atoms with Crippen LogP contribution in [-0.2, 0) is 5.75 Å². The lowest BCUT2D eigenvalue weighted by molar-refractivity contribution is 1.36. The molecule has 0 spiro atoms. The van der Waals surface area contributed by atoms with Crippen molar-refractivity contribution in [3.8, 4) is 0 Å². The van der Waals surface area contributed by atoms with Gasteiger partial charge in [-0.05, 0) is 29.8 Å². The summed E-state index contributed by atoms with van der Waals surface area (Å²) in [5.41, 5.74) is 7.73. The van der Waals surface area contributed by atoms with Crippen molar-refractivity contribution in [2.24, 2.45) is 0 Å². The van der Waals surface area contributed by atoms with Gasteiger partial charge in [-0.2, -0.15) is 0 Å². The van der Waals surface area contributed by atoms with Crippen molar-refractivity contribution in [3.63, 3.8) is 0 Å². The third-order valence-corrected chi connectivity index (χ3v) is 4.62. The molecule has 0 radical (unpaired) electrons. The number of hydrogen-bond donors (Lipinski definition) is 1. The Bertz CT molecular complexity index is 531. The monoisotopic (exact) mass is 327 g/mol. The van der Waals surface area contributed by atoms with Gasteiger partial charge in [0.15, 0.2) is 0 Å². The molecule has 0 aliphatic carbocycles. The van der Waals surface area contributed by atoms with E-state index >= 15 is 0 Å². The average Bonchev–Trinajstić information content (AvgIpc) is 2.32. The molecule has 4 heteroatoms. The maximum atomic E-state index is 6.11. The van der Waals surface area contributed by atoms with E-state index in [2.05, 4.69) is 22.0 Å². The van der Waals surface area contributed by atoms with Gasteiger partial charge in [0.05, 0.1) is 5.02 Å². The molecule has 0 heterocycles. The molecule has 17 heavy (non-hydrogen) atoms. The van der Waals surface area contributed by atoms with Crippen LogP contribution in [0, 0.1) is 0 Å².